The fourth-order valence-corrected chi connectivity index (χ4v) is 13.7. The van der Waals surface area contributed by atoms with Crippen LogP contribution in [0.3, 0.4) is 0 Å². The van der Waals surface area contributed by atoms with E-state index in [1.54, 1.807) is 28.7 Å². The first-order valence-corrected chi connectivity index (χ1v) is 46.0. The molecule has 31 heteroatoms. The van der Waals surface area contributed by atoms with Gasteiger partial charge in [-0.2, -0.15) is 0 Å². The zero-order chi connectivity index (χ0) is 96.6. The molecule has 7 atom stereocenters. The molecule has 1 aliphatic carbocycles. The van der Waals surface area contributed by atoms with Crippen molar-refractivity contribution in [2.75, 3.05) is 165 Å². The van der Waals surface area contributed by atoms with E-state index in [1.165, 1.54) is 6.42 Å². The van der Waals surface area contributed by atoms with Gasteiger partial charge in [-0.15, -0.1) is 0 Å². The van der Waals surface area contributed by atoms with E-state index in [0.29, 0.717) is 51.7 Å². The minimum Gasteiger partial charge on any atom is -0.396 e. The van der Waals surface area contributed by atoms with Gasteiger partial charge in [0.05, 0.1) is 74.6 Å². The number of amides is 13. The van der Waals surface area contributed by atoms with Gasteiger partial charge in [-0.3, -0.25) is 43.2 Å². The summed E-state index contributed by atoms with van der Waals surface area (Å²) in [6, 6.07) is 0.117. The number of carbonyl (C=O) groups is 11. The Labute approximate surface area is 749 Å². The van der Waals surface area contributed by atoms with Crippen LogP contribution in [0.25, 0.3) is 0 Å². The maximum atomic E-state index is 12.2. The predicted octanol–water partition coefficient (Wildman–Crippen LogP) is 8.53. The van der Waals surface area contributed by atoms with Gasteiger partial charge < -0.3 is 101 Å². The van der Waals surface area contributed by atoms with Crippen molar-refractivity contribution in [2.45, 2.75) is 301 Å². The monoisotopic (exact) mass is 1770 g/mol. The highest BCUT2D eigenvalue weighted by molar-refractivity contribution is 5.90. The number of hydrogen-bond donors (Lipinski definition) is 11. The normalized spacial score (nSPS) is 19.1. The van der Waals surface area contributed by atoms with Gasteiger partial charge in [0, 0.05) is 141 Å². The van der Waals surface area contributed by atoms with Gasteiger partial charge in [-0.25, -0.2) is 9.59 Å². The molecule has 31 nitrogen and oxygen atoms in total. The average Bonchev–Trinajstić information content (AvgIpc) is 1.61. The van der Waals surface area contributed by atoms with Crippen molar-refractivity contribution in [3.05, 3.63) is 0 Å². The fraction of sp³-hybridized carbons (Fsp3) is 0.882. The zero-order valence-corrected chi connectivity index (χ0v) is 83.7. The number of piperazine rings is 3. The average molecular weight is 1770 g/mol. The van der Waals surface area contributed by atoms with Crippen molar-refractivity contribution < 1.29 is 83.4 Å². The van der Waals surface area contributed by atoms with Crippen molar-refractivity contribution in [1.82, 2.24) is 70.7 Å². The first kappa shape index (κ1) is 120. The van der Waals surface area contributed by atoms with Crippen LogP contribution in [0.15, 0.2) is 0 Å². The lowest BCUT2D eigenvalue weighted by Crippen LogP contribution is -2.57. The summed E-state index contributed by atoms with van der Waals surface area (Å²) < 4.78 is 0. The third-order valence-corrected chi connectivity index (χ3v) is 22.2. The minimum atomic E-state index is -0.557. The number of carbonyl (C=O) groups excluding carboxylic acids is 11. The highest BCUT2D eigenvalue weighted by atomic mass is 16.3. The highest BCUT2D eigenvalue weighted by Gasteiger charge is 2.44. The molecule has 0 spiro atoms. The lowest BCUT2D eigenvalue weighted by Gasteiger charge is -2.37. The van der Waals surface area contributed by atoms with Crippen LogP contribution in [0.2, 0.25) is 0 Å². The highest BCUT2D eigenvalue weighted by Crippen LogP contribution is 2.35. The number of aliphatic hydroxyl groups is 6. The second-order valence-corrected chi connectivity index (χ2v) is 42.7. The van der Waals surface area contributed by atoms with Crippen molar-refractivity contribution in [3.63, 3.8) is 0 Å². The van der Waals surface area contributed by atoms with Crippen LogP contribution in [0, 0.1) is 68.5 Å². The van der Waals surface area contributed by atoms with Crippen LogP contribution in [0.5, 0.6) is 0 Å². The summed E-state index contributed by atoms with van der Waals surface area (Å²) >= 11 is 0. The number of likely N-dealkylation sites (tertiary alicyclic amines) is 3. The van der Waals surface area contributed by atoms with Gasteiger partial charge in [-0.1, -0.05) is 138 Å². The van der Waals surface area contributed by atoms with Crippen LogP contribution in [0.1, 0.15) is 272 Å². The number of likely N-dealkylation sites (N-methyl/N-ethyl adjacent to an activating group) is 2. The van der Waals surface area contributed by atoms with Crippen molar-refractivity contribution in [1.29, 1.82) is 0 Å². The zero-order valence-electron chi connectivity index (χ0n) is 83.7. The molecule has 1 saturated carbocycles. The molecule has 0 aromatic carbocycles. The molecular weight excluding hydrogens is 1590 g/mol. The van der Waals surface area contributed by atoms with Crippen molar-refractivity contribution in [2.24, 2.45) is 68.5 Å². The Balaban J connectivity index is 0. The molecule has 0 aromatic rings. The van der Waals surface area contributed by atoms with Crippen molar-refractivity contribution >= 4 is 65.2 Å². The van der Waals surface area contributed by atoms with E-state index in [2.05, 4.69) is 45.5 Å². The molecule has 6 heterocycles. The molecule has 7 rings (SSSR count). The maximum absolute atomic E-state index is 12.2. The molecule has 0 radical (unpaired) electrons. The number of aliphatic hydroxyl groups excluding tert-OH is 6. The van der Waals surface area contributed by atoms with Crippen LogP contribution in [0.4, 0.5) is 9.59 Å². The molecule has 13 amide bonds. The summed E-state index contributed by atoms with van der Waals surface area (Å²) in [6.07, 6.45) is 9.55. The number of hydrogen-bond acceptors (Lipinski definition) is 18. The van der Waals surface area contributed by atoms with Crippen LogP contribution < -0.4 is 26.6 Å². The number of piperidine rings is 2. The largest absolute Gasteiger partial charge is 0.396 e. The van der Waals surface area contributed by atoms with E-state index in [4.69, 9.17) is 15.3 Å². The number of nitrogens with one attached hydrogen (secondary N) is 5. The molecule has 0 bridgehead atoms. The fourth-order valence-electron chi connectivity index (χ4n) is 13.7. The Morgan fingerprint density at radius 1 is 0.419 bits per heavy atom. The standard InChI is InChI=1S/C13H25NO2.C12H23N3O2.C12H20N2O2.C12H24N2O2.C12H23NO2.C10H19N3O2.C10H21NO3.C10H21NO2.C2H6/c1-10-5-7-14(8-6-10)12(16)11(9-15)13(2,3)4;1-5-6-14-7-8-15(9-10(14)16)11(17)13-12(2,3)4;1-12(2,3)13-11(16)8-6-10(15)14(7-8)9-4-5-9;1-12(2,3)10(9-15)11(16)14-7-5-13(4)6-8-14;1-12(2,3)10(9-14)11(15)13-7-5-4-6-8-13;1-10(2,3)11-9(15)13-6-5-12(4)8(14)7-13;1-7(13)5-11-9(14)8(6-12)10(2,3)4;1-5-6-11-9(13)8(7-12)10(2,3)4;1-2/h10-11,15H,5-9H2,1-4H3;5-9H2,1-4H3,(H,13,17);8-9H,4-7H2,1-3H3,(H,13,16);10,15H,5-9H2,1-4H3;10,14H,4-9H2,1-3H3;5-7H2,1-4H3,(H,11,15);7-8,12-13H,5-6H2,1-4H3,(H,11,14);8,12H,5-7H2,1-4H3,(H,11,13);1-2H3. The Morgan fingerprint density at radius 2 is 0.774 bits per heavy atom. The van der Waals surface area contributed by atoms with E-state index in [-0.39, 0.29) is 191 Å². The first-order chi connectivity index (χ1) is 56.9. The third kappa shape index (κ3) is 48.1. The Hall–Kier alpha value is -6.51. The predicted molar refractivity (Wildman–Crippen MR) is 494 cm³/mol. The molecular formula is C93H182N14O17. The molecule has 6 saturated heterocycles. The second-order valence-electron chi connectivity index (χ2n) is 42.7. The number of rotatable bonds is 18. The minimum absolute atomic E-state index is 0.00897. The quantitative estimate of drug-likeness (QED) is 0.0612. The molecule has 726 valence electrons. The molecule has 7 fully saturated rings. The summed E-state index contributed by atoms with van der Waals surface area (Å²) in [7, 11) is 3.82. The SMILES string of the molecule is CC.CC(C)(C)C(CO)C(=O)N1CCCCC1.CC(C)(C)NC(=O)C1CC(=O)N(C2CC2)C1.CC(O)CNC(=O)C(CO)C(C)(C)C.CC1CCN(C(=O)C(CO)C(C)(C)C)CC1.CCCN1CCN(C(=O)NC(C)(C)C)CC1=O.CCCNC(=O)C(CO)C(C)(C)C.CN1CCN(C(=O)C(CO)C(C)(C)C)CC1.CN1CCN(C(=O)NC(C)(C)C)CC1=O. The molecule has 7 aliphatic rings. The summed E-state index contributed by atoms with van der Waals surface area (Å²) in [5.74, 6) is -0.647. The molecule has 124 heavy (non-hydrogen) atoms. The summed E-state index contributed by atoms with van der Waals surface area (Å²) in [5.41, 5.74) is -1.66. The lowest BCUT2D eigenvalue weighted by atomic mass is 9.80. The number of urea groups is 2. The Kier molecular flexibility index (Phi) is 54.0. The molecule has 7 unspecified atom stereocenters. The molecule has 6 aliphatic heterocycles. The molecule has 11 N–H and O–H groups in total. The van der Waals surface area contributed by atoms with E-state index in [1.807, 2.05) is 218 Å². The van der Waals surface area contributed by atoms with Gasteiger partial charge in [0.1, 0.15) is 13.1 Å². The van der Waals surface area contributed by atoms with Crippen LogP contribution in [-0.2, 0) is 43.2 Å². The van der Waals surface area contributed by atoms with E-state index >= 15 is 0 Å². The number of nitrogens with zero attached hydrogens (tertiary/aromatic N) is 9. The Bertz CT molecular complexity index is 3100. The summed E-state index contributed by atoms with van der Waals surface area (Å²) in [6.45, 7) is 70.6. The summed E-state index contributed by atoms with van der Waals surface area (Å²) in [5, 5.41) is 69.2. The third-order valence-electron chi connectivity index (χ3n) is 22.2. The van der Waals surface area contributed by atoms with Gasteiger partial charge >= 0.3 is 12.1 Å². The second kappa shape index (κ2) is 56.1. The smallest absolute Gasteiger partial charge is 0.318 e. The van der Waals surface area contributed by atoms with Gasteiger partial charge in [0.15, 0.2) is 0 Å². The molecule has 0 aromatic heterocycles. The van der Waals surface area contributed by atoms with E-state index in [9.17, 15) is 68.1 Å². The van der Waals surface area contributed by atoms with Gasteiger partial charge in [0.25, 0.3) is 0 Å². The van der Waals surface area contributed by atoms with Gasteiger partial charge in [0.2, 0.25) is 53.2 Å². The van der Waals surface area contributed by atoms with Crippen LogP contribution >= 0.6 is 0 Å². The van der Waals surface area contributed by atoms with E-state index in [0.717, 1.165) is 116 Å². The van der Waals surface area contributed by atoms with E-state index < -0.39 is 12.0 Å². The van der Waals surface area contributed by atoms with Crippen LogP contribution in [-0.4, -0.2) is 334 Å². The topological polar surface area (TPSA) is 398 Å². The summed E-state index contributed by atoms with van der Waals surface area (Å²) in [4.78, 5) is 146. The van der Waals surface area contributed by atoms with Gasteiger partial charge in [-0.05, 0) is 167 Å². The van der Waals surface area contributed by atoms with Crippen molar-refractivity contribution in [3.8, 4) is 0 Å². The first-order valence-electron chi connectivity index (χ1n) is 46.0. The lowest BCUT2D eigenvalue weighted by molar-refractivity contribution is -0.143. The maximum Gasteiger partial charge on any atom is 0.318 e. The Morgan fingerprint density at radius 3 is 1.10 bits per heavy atom.